The van der Waals surface area contributed by atoms with Crippen LogP contribution in [0.4, 0.5) is 0 Å². The number of amides is 1. The summed E-state index contributed by atoms with van der Waals surface area (Å²) in [4.78, 5) is 12.5. The third-order valence-corrected chi connectivity index (χ3v) is 4.32. The van der Waals surface area contributed by atoms with Gasteiger partial charge in [0.2, 0.25) is 5.91 Å². The highest BCUT2D eigenvalue weighted by Gasteiger charge is 2.27. The van der Waals surface area contributed by atoms with E-state index in [4.69, 9.17) is 9.47 Å². The first kappa shape index (κ1) is 18.6. The van der Waals surface area contributed by atoms with Crippen LogP contribution >= 0.6 is 0 Å². The van der Waals surface area contributed by atoms with Gasteiger partial charge in [-0.25, -0.2) is 0 Å². The Morgan fingerprint density at radius 2 is 1.96 bits per heavy atom. The van der Waals surface area contributed by atoms with Crippen molar-refractivity contribution in [3.63, 3.8) is 0 Å². The van der Waals surface area contributed by atoms with Crippen LogP contribution in [-0.2, 0) is 4.79 Å². The van der Waals surface area contributed by atoms with Gasteiger partial charge in [0.15, 0.2) is 11.5 Å². The number of carbonyl (C=O) groups excluding carboxylic acids is 1. The first-order valence-corrected chi connectivity index (χ1v) is 8.97. The fraction of sp³-hybridized carbons (Fsp3) is 0.632. The highest BCUT2D eigenvalue weighted by molar-refractivity contribution is 5.79. The highest BCUT2D eigenvalue weighted by atomic mass is 16.5. The van der Waals surface area contributed by atoms with E-state index in [0.29, 0.717) is 13.2 Å². The maximum absolute atomic E-state index is 12.5. The molecule has 0 aliphatic carbocycles. The van der Waals surface area contributed by atoms with E-state index in [-0.39, 0.29) is 23.8 Å². The molecule has 1 aromatic rings. The number of ether oxygens (including phenoxy) is 2. The van der Waals surface area contributed by atoms with Crippen LogP contribution in [0, 0.1) is 11.8 Å². The Hall–Kier alpha value is -1.75. The lowest BCUT2D eigenvalue weighted by Crippen LogP contribution is -2.37. The average molecular weight is 334 g/mol. The predicted octanol–water partition coefficient (Wildman–Crippen LogP) is 2.91. The smallest absolute Gasteiger partial charge is 0.224 e. The topological polar surface area (TPSA) is 59.6 Å². The van der Waals surface area contributed by atoms with Crippen molar-refractivity contribution in [3.05, 3.63) is 23.8 Å². The van der Waals surface area contributed by atoms with E-state index in [2.05, 4.69) is 24.5 Å². The van der Waals surface area contributed by atoms with Crippen molar-refractivity contribution >= 4 is 5.91 Å². The van der Waals surface area contributed by atoms with E-state index in [1.54, 1.807) is 0 Å². The number of hydrogen-bond acceptors (Lipinski definition) is 4. The largest absolute Gasteiger partial charge is 0.490 e. The minimum absolute atomic E-state index is 0.0343. The zero-order valence-electron chi connectivity index (χ0n) is 15.2. The summed E-state index contributed by atoms with van der Waals surface area (Å²) in [7, 11) is 0. The van der Waals surface area contributed by atoms with Gasteiger partial charge in [-0.05, 0) is 50.4 Å². The van der Waals surface area contributed by atoms with E-state index in [0.717, 1.165) is 36.6 Å². The molecule has 0 bridgehead atoms. The third-order valence-electron chi connectivity index (χ3n) is 4.32. The van der Waals surface area contributed by atoms with Crippen molar-refractivity contribution in [2.45, 2.75) is 40.2 Å². The van der Waals surface area contributed by atoms with Gasteiger partial charge in [-0.1, -0.05) is 19.9 Å². The molecule has 1 amide bonds. The zero-order valence-corrected chi connectivity index (χ0v) is 15.2. The van der Waals surface area contributed by atoms with E-state index in [9.17, 15) is 4.79 Å². The second-order valence-electron chi connectivity index (χ2n) is 6.49. The Morgan fingerprint density at radius 3 is 2.54 bits per heavy atom. The van der Waals surface area contributed by atoms with Crippen LogP contribution in [0.2, 0.25) is 0 Å². The summed E-state index contributed by atoms with van der Waals surface area (Å²) in [5, 5.41) is 6.47. The monoisotopic (exact) mass is 334 g/mol. The van der Waals surface area contributed by atoms with Gasteiger partial charge in [0.1, 0.15) is 0 Å². The van der Waals surface area contributed by atoms with Crippen molar-refractivity contribution in [3.8, 4) is 11.5 Å². The lowest BCUT2D eigenvalue weighted by atomic mass is 9.94. The normalized spacial score (nSPS) is 18.5. The van der Waals surface area contributed by atoms with Gasteiger partial charge in [0, 0.05) is 6.54 Å². The molecule has 1 aliphatic rings. The molecular formula is C19H30N2O3. The van der Waals surface area contributed by atoms with Gasteiger partial charge in [0.05, 0.1) is 25.2 Å². The Balaban J connectivity index is 2.19. The Kier molecular flexibility index (Phi) is 6.91. The summed E-state index contributed by atoms with van der Waals surface area (Å²) in [6, 6.07) is 5.91. The number of hydrogen-bond donors (Lipinski definition) is 2. The maximum atomic E-state index is 12.5. The van der Waals surface area contributed by atoms with Gasteiger partial charge >= 0.3 is 0 Å². The minimum atomic E-state index is -0.0343. The molecule has 134 valence electrons. The van der Waals surface area contributed by atoms with Gasteiger partial charge < -0.3 is 20.1 Å². The molecule has 5 heteroatoms. The van der Waals surface area contributed by atoms with Gasteiger partial charge in [-0.3, -0.25) is 4.79 Å². The Bertz CT molecular complexity index is 539. The number of rotatable bonds is 8. The molecule has 0 radical (unpaired) electrons. The van der Waals surface area contributed by atoms with Gasteiger partial charge in [-0.15, -0.1) is 0 Å². The summed E-state index contributed by atoms with van der Waals surface area (Å²) in [5.41, 5.74) is 1.05. The van der Waals surface area contributed by atoms with Crippen molar-refractivity contribution in [1.29, 1.82) is 0 Å². The van der Waals surface area contributed by atoms with Crippen molar-refractivity contribution in [1.82, 2.24) is 10.6 Å². The van der Waals surface area contributed by atoms with Crippen molar-refractivity contribution in [2.75, 3.05) is 26.3 Å². The third kappa shape index (κ3) is 4.63. The van der Waals surface area contributed by atoms with E-state index in [1.807, 2.05) is 32.0 Å². The molecule has 1 fully saturated rings. The molecule has 2 N–H and O–H groups in total. The van der Waals surface area contributed by atoms with Crippen LogP contribution in [0.25, 0.3) is 0 Å². The van der Waals surface area contributed by atoms with Crippen molar-refractivity contribution in [2.24, 2.45) is 11.8 Å². The molecule has 0 aromatic heterocycles. The first-order valence-electron chi connectivity index (χ1n) is 8.97. The summed E-state index contributed by atoms with van der Waals surface area (Å²) in [6.07, 6.45) is 0.907. The van der Waals surface area contributed by atoms with Crippen LogP contribution in [0.15, 0.2) is 18.2 Å². The molecule has 2 atom stereocenters. The molecule has 1 aromatic carbocycles. The maximum Gasteiger partial charge on any atom is 0.224 e. The average Bonchev–Trinajstić information content (AvgIpc) is 3.09. The fourth-order valence-electron chi connectivity index (χ4n) is 3.05. The molecule has 0 saturated carbocycles. The second-order valence-corrected chi connectivity index (χ2v) is 6.49. The lowest BCUT2D eigenvalue weighted by Gasteiger charge is -2.25. The molecule has 5 nitrogen and oxygen atoms in total. The molecule has 0 spiro atoms. The standard InChI is InChI=1S/C19H30N2O3/c1-5-23-16-8-7-14(11-17(16)24-6-2)18(13(3)4)21-19(22)15-9-10-20-12-15/h7-8,11,13,15,18,20H,5-6,9-10,12H2,1-4H3,(H,21,22). The highest BCUT2D eigenvalue weighted by Crippen LogP contribution is 2.33. The van der Waals surface area contributed by atoms with E-state index < -0.39 is 0 Å². The van der Waals surface area contributed by atoms with E-state index >= 15 is 0 Å². The second kappa shape index (κ2) is 8.92. The van der Waals surface area contributed by atoms with Crippen LogP contribution < -0.4 is 20.1 Å². The molecule has 2 unspecified atom stereocenters. The number of carbonyl (C=O) groups is 1. The molecule has 2 rings (SSSR count). The zero-order chi connectivity index (χ0) is 17.5. The summed E-state index contributed by atoms with van der Waals surface area (Å²) in [5.74, 6) is 1.97. The van der Waals surface area contributed by atoms with E-state index in [1.165, 1.54) is 0 Å². The number of nitrogens with one attached hydrogen (secondary N) is 2. The minimum Gasteiger partial charge on any atom is -0.490 e. The molecule has 1 saturated heterocycles. The van der Waals surface area contributed by atoms with Crippen LogP contribution in [0.3, 0.4) is 0 Å². The molecule has 1 heterocycles. The fourth-order valence-corrected chi connectivity index (χ4v) is 3.05. The Labute approximate surface area is 145 Å². The lowest BCUT2D eigenvalue weighted by molar-refractivity contribution is -0.125. The molecule has 1 aliphatic heterocycles. The van der Waals surface area contributed by atoms with Gasteiger partial charge in [0.25, 0.3) is 0 Å². The summed E-state index contributed by atoms with van der Waals surface area (Å²) in [6.45, 7) is 11.0. The quantitative estimate of drug-likeness (QED) is 0.767. The van der Waals surface area contributed by atoms with Crippen LogP contribution in [-0.4, -0.2) is 32.2 Å². The van der Waals surface area contributed by atoms with Crippen molar-refractivity contribution < 1.29 is 14.3 Å². The van der Waals surface area contributed by atoms with Gasteiger partial charge in [-0.2, -0.15) is 0 Å². The molecule has 24 heavy (non-hydrogen) atoms. The summed E-state index contributed by atoms with van der Waals surface area (Å²) < 4.78 is 11.3. The number of benzene rings is 1. The summed E-state index contributed by atoms with van der Waals surface area (Å²) >= 11 is 0. The Morgan fingerprint density at radius 1 is 1.25 bits per heavy atom. The van der Waals surface area contributed by atoms with Crippen LogP contribution in [0.1, 0.15) is 45.7 Å². The predicted molar refractivity (Wildman–Crippen MR) is 95.5 cm³/mol. The SMILES string of the molecule is CCOc1ccc(C(NC(=O)C2CCNC2)C(C)C)cc1OCC. The van der Waals surface area contributed by atoms with Crippen LogP contribution in [0.5, 0.6) is 11.5 Å². The first-order chi connectivity index (χ1) is 11.6. The molecular weight excluding hydrogens is 304 g/mol.